The fraction of sp³-hybridized carbons (Fsp3) is 0.600. The summed E-state index contributed by atoms with van der Waals surface area (Å²) in [5, 5.41) is 2.78. The molecule has 1 rings (SSSR count). The van der Waals surface area contributed by atoms with Gasteiger partial charge in [0, 0.05) is 12.8 Å². The molecule has 0 saturated heterocycles. The Bertz CT molecular complexity index is 439. The van der Waals surface area contributed by atoms with E-state index in [4.69, 9.17) is 9.15 Å². The minimum absolute atomic E-state index is 0.0610. The van der Waals surface area contributed by atoms with Crippen LogP contribution in [0.1, 0.15) is 39.9 Å². The van der Waals surface area contributed by atoms with Gasteiger partial charge in [0.1, 0.15) is 11.3 Å². The van der Waals surface area contributed by atoms with Crippen LogP contribution >= 0.6 is 0 Å². The monoisotopic (exact) mass is 281 g/mol. The highest BCUT2D eigenvalue weighted by Gasteiger charge is 2.39. The van der Waals surface area contributed by atoms with Gasteiger partial charge in [0.25, 0.3) is 0 Å². The molecule has 1 unspecified atom stereocenters. The van der Waals surface area contributed by atoms with Crippen LogP contribution in [0.2, 0.25) is 0 Å². The number of carbonyl (C=O) groups excluding carboxylic acids is 2. The molecule has 0 aliphatic rings. The number of rotatable bonds is 7. The molecular formula is C15H23NO4. The molecule has 0 aliphatic heterocycles. The van der Waals surface area contributed by atoms with Gasteiger partial charge in [-0.15, -0.1) is 0 Å². The van der Waals surface area contributed by atoms with Crippen LogP contribution in [0.4, 0.5) is 0 Å². The molecule has 5 heteroatoms. The van der Waals surface area contributed by atoms with Crippen LogP contribution in [0, 0.1) is 5.92 Å². The van der Waals surface area contributed by atoms with E-state index in [1.165, 1.54) is 0 Å². The van der Waals surface area contributed by atoms with Crippen molar-refractivity contribution in [3.63, 3.8) is 0 Å². The maximum Gasteiger partial charge on any atom is 0.331 e. The molecule has 0 fully saturated rings. The lowest BCUT2D eigenvalue weighted by Gasteiger charge is -2.32. The standard InChI is InChI=1S/C15H23NO4/c1-5-19-14(18)15(4,11(2)3)16-13(17)9-8-12-7-6-10-20-12/h6-7,10-11H,5,8-9H2,1-4H3,(H,16,17). The normalized spacial score (nSPS) is 13.8. The molecule has 1 aromatic rings. The highest BCUT2D eigenvalue weighted by Crippen LogP contribution is 2.19. The molecule has 0 bridgehead atoms. The van der Waals surface area contributed by atoms with Crippen LogP contribution < -0.4 is 5.32 Å². The average molecular weight is 281 g/mol. The fourth-order valence-electron chi connectivity index (χ4n) is 1.76. The zero-order valence-corrected chi connectivity index (χ0v) is 12.6. The first-order chi connectivity index (χ1) is 9.40. The largest absolute Gasteiger partial charge is 0.469 e. The summed E-state index contributed by atoms with van der Waals surface area (Å²) in [6.45, 7) is 7.49. The molecule has 5 nitrogen and oxygen atoms in total. The maximum atomic E-state index is 12.0. The van der Waals surface area contributed by atoms with E-state index in [2.05, 4.69) is 5.32 Å². The van der Waals surface area contributed by atoms with Gasteiger partial charge < -0.3 is 14.5 Å². The van der Waals surface area contributed by atoms with E-state index in [9.17, 15) is 9.59 Å². The van der Waals surface area contributed by atoms with Crippen molar-refractivity contribution in [2.45, 2.75) is 46.1 Å². The average Bonchev–Trinajstić information content (AvgIpc) is 2.89. The first-order valence-electron chi connectivity index (χ1n) is 6.90. The molecule has 0 aliphatic carbocycles. The van der Waals surface area contributed by atoms with Crippen molar-refractivity contribution in [1.82, 2.24) is 5.32 Å². The van der Waals surface area contributed by atoms with Crippen LogP contribution in [0.15, 0.2) is 22.8 Å². The summed E-state index contributed by atoms with van der Waals surface area (Å²) in [4.78, 5) is 24.0. The van der Waals surface area contributed by atoms with E-state index in [0.29, 0.717) is 13.0 Å². The summed E-state index contributed by atoms with van der Waals surface area (Å²) in [6.07, 6.45) is 2.36. The molecule has 1 aromatic heterocycles. The Hall–Kier alpha value is -1.78. The van der Waals surface area contributed by atoms with Gasteiger partial charge in [-0.2, -0.15) is 0 Å². The van der Waals surface area contributed by atoms with Gasteiger partial charge in [0.2, 0.25) is 5.91 Å². The zero-order chi connectivity index (χ0) is 15.2. The second-order valence-electron chi connectivity index (χ2n) is 5.21. The van der Waals surface area contributed by atoms with Crippen molar-refractivity contribution in [1.29, 1.82) is 0 Å². The van der Waals surface area contributed by atoms with Gasteiger partial charge in [-0.25, -0.2) is 4.79 Å². The highest BCUT2D eigenvalue weighted by molar-refractivity contribution is 5.88. The van der Waals surface area contributed by atoms with E-state index in [1.54, 1.807) is 26.2 Å². The summed E-state index contributed by atoms with van der Waals surface area (Å²) in [7, 11) is 0. The van der Waals surface area contributed by atoms with Crippen LogP contribution in [0.5, 0.6) is 0 Å². The molecule has 1 N–H and O–H groups in total. The van der Waals surface area contributed by atoms with E-state index in [-0.39, 0.29) is 18.2 Å². The van der Waals surface area contributed by atoms with Gasteiger partial charge in [0.15, 0.2) is 0 Å². The molecule has 1 heterocycles. The third-order valence-electron chi connectivity index (χ3n) is 3.43. The summed E-state index contributed by atoms with van der Waals surface area (Å²) in [6, 6.07) is 3.60. The quantitative estimate of drug-likeness (QED) is 0.779. The van der Waals surface area contributed by atoms with E-state index >= 15 is 0 Å². The number of aryl methyl sites for hydroxylation is 1. The number of hydrogen-bond donors (Lipinski definition) is 1. The Morgan fingerprint density at radius 2 is 2.15 bits per heavy atom. The molecule has 112 valence electrons. The number of ether oxygens (including phenoxy) is 1. The minimum atomic E-state index is -1.00. The topological polar surface area (TPSA) is 68.5 Å². The lowest BCUT2D eigenvalue weighted by atomic mass is 9.88. The van der Waals surface area contributed by atoms with Gasteiger partial charge in [-0.1, -0.05) is 13.8 Å². The Morgan fingerprint density at radius 3 is 2.65 bits per heavy atom. The third-order valence-corrected chi connectivity index (χ3v) is 3.43. The van der Waals surface area contributed by atoms with Crippen LogP contribution in [0.25, 0.3) is 0 Å². The fourth-order valence-corrected chi connectivity index (χ4v) is 1.76. The Morgan fingerprint density at radius 1 is 1.45 bits per heavy atom. The molecule has 0 radical (unpaired) electrons. The number of furan rings is 1. The SMILES string of the molecule is CCOC(=O)C(C)(NC(=O)CCc1ccco1)C(C)C. The number of amides is 1. The molecule has 1 amide bonds. The molecule has 0 saturated carbocycles. The van der Waals surface area contributed by atoms with Gasteiger partial charge in [-0.3, -0.25) is 4.79 Å². The number of carbonyl (C=O) groups is 2. The summed E-state index contributed by atoms with van der Waals surface area (Å²) in [5.74, 6) is 0.101. The van der Waals surface area contributed by atoms with Crippen LogP contribution in [0.3, 0.4) is 0 Å². The van der Waals surface area contributed by atoms with Gasteiger partial charge >= 0.3 is 5.97 Å². The minimum Gasteiger partial charge on any atom is -0.469 e. The summed E-state index contributed by atoms with van der Waals surface area (Å²) >= 11 is 0. The molecule has 0 aromatic carbocycles. The van der Waals surface area contributed by atoms with E-state index in [1.807, 2.05) is 19.9 Å². The van der Waals surface area contributed by atoms with Gasteiger partial charge in [0.05, 0.1) is 12.9 Å². The smallest absolute Gasteiger partial charge is 0.331 e. The Labute approximate surface area is 119 Å². The molecule has 1 atom stereocenters. The predicted octanol–water partition coefficient (Wildman–Crippen LogP) is 2.31. The highest BCUT2D eigenvalue weighted by atomic mass is 16.5. The van der Waals surface area contributed by atoms with Crippen molar-refractivity contribution in [3.8, 4) is 0 Å². The van der Waals surface area contributed by atoms with Crippen LogP contribution in [-0.4, -0.2) is 24.0 Å². The van der Waals surface area contributed by atoms with Gasteiger partial charge in [-0.05, 0) is 31.9 Å². The van der Waals surface area contributed by atoms with E-state index in [0.717, 1.165) is 5.76 Å². The lowest BCUT2D eigenvalue weighted by Crippen LogP contribution is -2.56. The second-order valence-corrected chi connectivity index (χ2v) is 5.21. The van der Waals surface area contributed by atoms with Crippen molar-refractivity contribution < 1.29 is 18.7 Å². The third kappa shape index (κ3) is 4.11. The van der Waals surface area contributed by atoms with E-state index < -0.39 is 11.5 Å². The summed E-state index contributed by atoms with van der Waals surface area (Å²) < 4.78 is 10.2. The number of esters is 1. The first-order valence-corrected chi connectivity index (χ1v) is 6.90. The van der Waals surface area contributed by atoms with Crippen molar-refractivity contribution in [2.24, 2.45) is 5.92 Å². The maximum absolute atomic E-state index is 12.0. The molecular weight excluding hydrogens is 258 g/mol. The first kappa shape index (κ1) is 16.3. The second kappa shape index (κ2) is 7.12. The zero-order valence-electron chi connectivity index (χ0n) is 12.6. The number of hydrogen-bond acceptors (Lipinski definition) is 4. The Kier molecular flexibility index (Phi) is 5.80. The molecule has 20 heavy (non-hydrogen) atoms. The van der Waals surface area contributed by atoms with Crippen LogP contribution in [-0.2, 0) is 20.7 Å². The summed E-state index contributed by atoms with van der Waals surface area (Å²) in [5.41, 5.74) is -1.00. The van der Waals surface area contributed by atoms with Crippen molar-refractivity contribution >= 4 is 11.9 Å². The predicted molar refractivity (Wildman–Crippen MR) is 75.0 cm³/mol. The number of nitrogens with one attached hydrogen (secondary N) is 1. The van der Waals surface area contributed by atoms with Crippen molar-refractivity contribution in [2.75, 3.05) is 6.61 Å². The lowest BCUT2D eigenvalue weighted by molar-refractivity contribution is -0.154. The Balaban J connectivity index is 2.60. The van der Waals surface area contributed by atoms with Crippen molar-refractivity contribution in [3.05, 3.63) is 24.2 Å². The molecule has 0 spiro atoms.